The maximum absolute atomic E-state index is 13.2. The first-order valence-corrected chi connectivity index (χ1v) is 10.1. The molecule has 2 aromatic carbocycles. The Hall–Kier alpha value is -3.67. The number of hydrogen-bond acceptors (Lipinski definition) is 4. The van der Waals surface area contributed by atoms with Gasteiger partial charge in [0.15, 0.2) is 0 Å². The van der Waals surface area contributed by atoms with Crippen LogP contribution in [-0.4, -0.2) is 33.8 Å². The molecule has 0 unspecified atom stereocenters. The second kappa shape index (κ2) is 8.37. The number of amides is 1. The van der Waals surface area contributed by atoms with E-state index in [1.165, 1.54) is 0 Å². The van der Waals surface area contributed by atoms with E-state index in [1.54, 1.807) is 10.9 Å². The fourth-order valence-corrected chi connectivity index (χ4v) is 3.61. The summed E-state index contributed by atoms with van der Waals surface area (Å²) in [5, 5.41) is 8.08. The van der Waals surface area contributed by atoms with Gasteiger partial charge in [0.05, 0.1) is 23.0 Å². The van der Waals surface area contributed by atoms with Crippen molar-refractivity contribution in [1.82, 2.24) is 14.8 Å². The van der Waals surface area contributed by atoms with Crippen molar-refractivity contribution in [3.63, 3.8) is 0 Å². The van der Waals surface area contributed by atoms with E-state index in [9.17, 15) is 4.79 Å². The highest BCUT2D eigenvalue weighted by atomic mass is 16.1. The zero-order chi connectivity index (χ0) is 21.1. The Kier molecular flexibility index (Phi) is 5.48. The van der Waals surface area contributed by atoms with Crippen LogP contribution in [0.3, 0.4) is 0 Å². The van der Waals surface area contributed by atoms with Gasteiger partial charge in [-0.25, -0.2) is 4.98 Å². The Morgan fingerprint density at radius 2 is 1.80 bits per heavy atom. The number of nitrogens with one attached hydrogen (secondary N) is 1. The number of rotatable bonds is 6. The predicted molar refractivity (Wildman–Crippen MR) is 122 cm³/mol. The molecule has 6 heteroatoms. The van der Waals surface area contributed by atoms with Gasteiger partial charge in [0.2, 0.25) is 0 Å². The molecule has 1 amide bonds. The van der Waals surface area contributed by atoms with Crippen molar-refractivity contribution in [2.24, 2.45) is 7.05 Å². The van der Waals surface area contributed by atoms with E-state index in [-0.39, 0.29) is 5.91 Å². The van der Waals surface area contributed by atoms with Crippen molar-refractivity contribution >= 4 is 28.2 Å². The fourth-order valence-electron chi connectivity index (χ4n) is 3.61. The van der Waals surface area contributed by atoms with E-state index in [2.05, 4.69) is 29.2 Å². The monoisotopic (exact) mass is 399 g/mol. The first kappa shape index (κ1) is 19.6. The van der Waals surface area contributed by atoms with Gasteiger partial charge in [-0.05, 0) is 50.2 Å². The first-order valence-electron chi connectivity index (χ1n) is 10.1. The summed E-state index contributed by atoms with van der Waals surface area (Å²) in [6, 6.07) is 17.5. The third kappa shape index (κ3) is 3.89. The van der Waals surface area contributed by atoms with Crippen LogP contribution in [0.1, 0.15) is 24.2 Å². The number of fused-ring (bicyclic) bond motifs is 1. The van der Waals surface area contributed by atoms with Gasteiger partial charge in [0.25, 0.3) is 5.91 Å². The molecule has 1 N–H and O–H groups in total. The molecule has 2 heterocycles. The van der Waals surface area contributed by atoms with Crippen LogP contribution in [0.5, 0.6) is 0 Å². The Labute approximate surface area is 176 Å². The van der Waals surface area contributed by atoms with Crippen LogP contribution in [-0.2, 0) is 7.05 Å². The number of pyridine rings is 1. The van der Waals surface area contributed by atoms with E-state index < -0.39 is 0 Å². The summed E-state index contributed by atoms with van der Waals surface area (Å²) >= 11 is 0. The van der Waals surface area contributed by atoms with Gasteiger partial charge in [-0.3, -0.25) is 9.48 Å². The van der Waals surface area contributed by atoms with E-state index in [1.807, 2.05) is 67.8 Å². The summed E-state index contributed by atoms with van der Waals surface area (Å²) in [5.74, 6) is -0.158. The normalized spacial score (nSPS) is 10.9. The van der Waals surface area contributed by atoms with Crippen molar-refractivity contribution in [3.8, 4) is 11.3 Å². The molecule has 2 aromatic heterocycles. The molecule has 0 radical (unpaired) electrons. The first-order chi connectivity index (χ1) is 14.6. The molecule has 0 aliphatic rings. The van der Waals surface area contributed by atoms with Gasteiger partial charge in [0.1, 0.15) is 0 Å². The molecule has 0 bridgehead atoms. The lowest BCUT2D eigenvalue weighted by Gasteiger charge is -2.21. The number of carbonyl (C=O) groups is 1. The van der Waals surface area contributed by atoms with Gasteiger partial charge in [-0.2, -0.15) is 5.10 Å². The molecule has 0 spiro atoms. The van der Waals surface area contributed by atoms with E-state index in [0.29, 0.717) is 5.56 Å². The molecular weight excluding hydrogens is 374 g/mol. The quantitative estimate of drug-likeness (QED) is 0.509. The molecule has 6 nitrogen and oxygen atoms in total. The van der Waals surface area contributed by atoms with E-state index >= 15 is 0 Å². The summed E-state index contributed by atoms with van der Waals surface area (Å²) in [6.07, 6.45) is 3.65. The van der Waals surface area contributed by atoms with Gasteiger partial charge >= 0.3 is 0 Å². The summed E-state index contributed by atoms with van der Waals surface area (Å²) < 4.78 is 1.73. The van der Waals surface area contributed by atoms with Crippen LogP contribution in [0.2, 0.25) is 0 Å². The van der Waals surface area contributed by atoms with Crippen LogP contribution in [0.25, 0.3) is 22.2 Å². The third-order valence-corrected chi connectivity index (χ3v) is 5.22. The number of nitrogens with zero attached hydrogens (tertiary/aromatic N) is 4. The van der Waals surface area contributed by atoms with E-state index in [0.717, 1.165) is 46.6 Å². The Morgan fingerprint density at radius 1 is 1.07 bits per heavy atom. The average molecular weight is 399 g/mol. The van der Waals surface area contributed by atoms with Crippen LogP contribution >= 0.6 is 0 Å². The Balaban J connectivity index is 1.67. The zero-order valence-corrected chi connectivity index (χ0v) is 17.5. The van der Waals surface area contributed by atoms with Gasteiger partial charge in [-0.1, -0.05) is 18.2 Å². The molecular formula is C24H25N5O. The highest BCUT2D eigenvalue weighted by Gasteiger charge is 2.15. The van der Waals surface area contributed by atoms with Gasteiger partial charge in [0, 0.05) is 48.7 Å². The predicted octanol–water partition coefficient (Wildman–Crippen LogP) is 4.73. The van der Waals surface area contributed by atoms with Crippen LogP contribution in [0.4, 0.5) is 11.4 Å². The Morgan fingerprint density at radius 3 is 2.47 bits per heavy atom. The van der Waals surface area contributed by atoms with E-state index in [4.69, 9.17) is 4.98 Å². The second-order valence-electron chi connectivity index (χ2n) is 7.15. The fraction of sp³-hybridized carbons (Fsp3) is 0.208. The number of aryl methyl sites for hydroxylation is 1. The molecule has 0 saturated heterocycles. The van der Waals surface area contributed by atoms with Gasteiger partial charge in [-0.15, -0.1) is 0 Å². The molecule has 0 fully saturated rings. The van der Waals surface area contributed by atoms with Crippen molar-refractivity contribution in [2.45, 2.75) is 13.8 Å². The topological polar surface area (TPSA) is 63.1 Å². The number of para-hydroxylation sites is 1. The number of carbonyl (C=O) groups excluding carboxylic acids is 1. The van der Waals surface area contributed by atoms with Gasteiger partial charge < -0.3 is 10.2 Å². The summed E-state index contributed by atoms with van der Waals surface area (Å²) in [4.78, 5) is 20.2. The second-order valence-corrected chi connectivity index (χ2v) is 7.15. The SMILES string of the molecule is CCN(CC)c1ccc(NC(=O)c2cc(-c3cnn(C)c3)nc3ccccc23)cc1. The van der Waals surface area contributed by atoms with Crippen LogP contribution in [0.15, 0.2) is 67.0 Å². The average Bonchev–Trinajstić information content (AvgIpc) is 3.21. The third-order valence-electron chi connectivity index (χ3n) is 5.22. The van der Waals surface area contributed by atoms with Crippen molar-refractivity contribution in [3.05, 3.63) is 72.6 Å². The lowest BCUT2D eigenvalue weighted by atomic mass is 10.0. The minimum Gasteiger partial charge on any atom is -0.372 e. The molecule has 0 atom stereocenters. The highest BCUT2D eigenvalue weighted by Crippen LogP contribution is 2.26. The highest BCUT2D eigenvalue weighted by molar-refractivity contribution is 6.13. The van der Waals surface area contributed by atoms with Crippen molar-refractivity contribution in [1.29, 1.82) is 0 Å². The molecule has 0 aliphatic carbocycles. The number of aromatic nitrogens is 3. The summed E-state index contributed by atoms with van der Waals surface area (Å²) in [6.45, 7) is 6.16. The van der Waals surface area contributed by atoms with Crippen LogP contribution in [0, 0.1) is 0 Å². The van der Waals surface area contributed by atoms with Crippen molar-refractivity contribution < 1.29 is 4.79 Å². The number of hydrogen-bond donors (Lipinski definition) is 1. The smallest absolute Gasteiger partial charge is 0.256 e. The minimum absolute atomic E-state index is 0.158. The largest absolute Gasteiger partial charge is 0.372 e. The number of anilines is 2. The maximum Gasteiger partial charge on any atom is 0.256 e. The molecule has 0 saturated carbocycles. The minimum atomic E-state index is -0.158. The molecule has 0 aliphatic heterocycles. The lowest BCUT2D eigenvalue weighted by Crippen LogP contribution is -2.21. The Bertz CT molecular complexity index is 1180. The molecule has 4 aromatic rings. The summed E-state index contributed by atoms with van der Waals surface area (Å²) in [7, 11) is 1.86. The molecule has 152 valence electrons. The molecule has 30 heavy (non-hydrogen) atoms. The van der Waals surface area contributed by atoms with Crippen molar-refractivity contribution in [2.75, 3.05) is 23.3 Å². The standard InChI is InChI=1S/C24H25N5O/c1-4-29(5-2)19-12-10-18(11-13-19)26-24(30)21-14-23(17-15-25-28(3)16-17)27-22-9-7-6-8-20(21)22/h6-16H,4-5H2,1-3H3,(H,26,30). The van der Waals surface area contributed by atoms with Crippen LogP contribution < -0.4 is 10.2 Å². The lowest BCUT2D eigenvalue weighted by molar-refractivity contribution is 0.102. The molecule has 4 rings (SSSR count). The summed E-state index contributed by atoms with van der Waals surface area (Å²) in [5.41, 5.74) is 4.88. The zero-order valence-electron chi connectivity index (χ0n) is 17.5. The maximum atomic E-state index is 13.2. The number of benzene rings is 2.